The summed E-state index contributed by atoms with van der Waals surface area (Å²) in [5.41, 5.74) is -1.73. The van der Waals surface area contributed by atoms with Crippen molar-refractivity contribution in [2.75, 3.05) is 21.1 Å². The molecule has 0 saturated heterocycles. The van der Waals surface area contributed by atoms with Gasteiger partial charge in [-0.15, -0.1) is 0 Å². The molecule has 0 saturated carbocycles. The van der Waals surface area contributed by atoms with E-state index in [0.717, 1.165) is 26.2 Å². The lowest BCUT2D eigenvalue weighted by Crippen LogP contribution is -2.75. The third kappa shape index (κ3) is 6.69. The molecule has 5 heteroatoms. The number of hydrogen-bond acceptors (Lipinski definition) is 4. The first kappa shape index (κ1) is 23.4. The second kappa shape index (κ2) is 10.4. The number of carbonyl (C=O) groups is 1. The summed E-state index contributed by atoms with van der Waals surface area (Å²) in [5, 5.41) is 32.0. The molecule has 0 bridgehead atoms. The maximum Gasteiger partial charge on any atom is 0.222 e. The fraction of sp³-hybridized carbons (Fsp3) is 0.947. The number of aliphatic hydroxyl groups is 2. The minimum atomic E-state index is -2.33. The summed E-state index contributed by atoms with van der Waals surface area (Å²) in [7, 11) is 4.99. The lowest BCUT2D eigenvalue weighted by atomic mass is 9.81. The lowest BCUT2D eigenvalue weighted by Gasteiger charge is -2.51. The van der Waals surface area contributed by atoms with E-state index >= 15 is 0 Å². The van der Waals surface area contributed by atoms with Gasteiger partial charge in [0.1, 0.15) is 5.97 Å². The number of hydrogen-bond donors (Lipinski definition) is 2. The number of carboxylic acids is 1. The van der Waals surface area contributed by atoms with Crippen LogP contribution < -0.4 is 5.11 Å². The van der Waals surface area contributed by atoms with Gasteiger partial charge in [-0.05, 0) is 13.3 Å². The Bertz CT molecular complexity index is 341. The summed E-state index contributed by atoms with van der Waals surface area (Å²) < 4.78 is -0.0870. The number of nitrogens with zero attached hydrogens (tertiary/aromatic N) is 1. The van der Waals surface area contributed by atoms with E-state index in [2.05, 4.69) is 6.92 Å². The van der Waals surface area contributed by atoms with E-state index in [1.54, 1.807) is 21.1 Å². The quantitative estimate of drug-likeness (QED) is 0.287. The van der Waals surface area contributed by atoms with Crippen LogP contribution in [0.1, 0.15) is 84.5 Å². The van der Waals surface area contributed by atoms with Crippen LogP contribution in [0, 0.1) is 0 Å². The van der Waals surface area contributed by atoms with Gasteiger partial charge in [0.15, 0.2) is 5.54 Å². The van der Waals surface area contributed by atoms with Crippen molar-refractivity contribution in [1.82, 2.24) is 0 Å². The van der Waals surface area contributed by atoms with Crippen LogP contribution in [0.2, 0.25) is 0 Å². The predicted molar refractivity (Wildman–Crippen MR) is 95.1 cm³/mol. The third-order valence-electron chi connectivity index (χ3n) is 5.16. The number of carboxylic acid groups (broad SMARTS) is 1. The molecule has 0 fully saturated rings. The van der Waals surface area contributed by atoms with Gasteiger partial charge in [-0.25, -0.2) is 0 Å². The highest BCUT2D eigenvalue weighted by Crippen LogP contribution is 2.35. The predicted octanol–water partition coefficient (Wildman–Crippen LogP) is 2.19. The van der Waals surface area contributed by atoms with Gasteiger partial charge >= 0.3 is 0 Å². The van der Waals surface area contributed by atoms with Crippen LogP contribution in [0.25, 0.3) is 0 Å². The summed E-state index contributed by atoms with van der Waals surface area (Å²) in [6, 6.07) is 0. The van der Waals surface area contributed by atoms with Gasteiger partial charge in [-0.2, -0.15) is 0 Å². The SMILES string of the molecule is CCCCCCCCCCCCC(C(=O)[O-])(C(C)(O)O)[N+](C)(C)C. The monoisotopic (exact) mass is 345 g/mol. The molecule has 0 aromatic rings. The van der Waals surface area contributed by atoms with Crippen LogP contribution in [0.3, 0.4) is 0 Å². The Labute approximate surface area is 148 Å². The number of rotatable bonds is 14. The Hall–Kier alpha value is -0.650. The smallest absolute Gasteiger partial charge is 0.222 e. The average Bonchev–Trinajstić information content (AvgIpc) is 2.41. The van der Waals surface area contributed by atoms with Gasteiger partial charge in [0.2, 0.25) is 5.79 Å². The maximum absolute atomic E-state index is 11.8. The molecule has 0 aliphatic rings. The molecule has 24 heavy (non-hydrogen) atoms. The molecular weight excluding hydrogens is 306 g/mol. The molecule has 2 N–H and O–H groups in total. The topological polar surface area (TPSA) is 80.6 Å². The van der Waals surface area contributed by atoms with Crippen LogP contribution in [0.5, 0.6) is 0 Å². The summed E-state index contributed by atoms with van der Waals surface area (Å²) in [6.07, 6.45) is 11.7. The zero-order valence-electron chi connectivity index (χ0n) is 16.4. The van der Waals surface area contributed by atoms with E-state index in [4.69, 9.17) is 0 Å². The fourth-order valence-corrected chi connectivity index (χ4v) is 3.65. The minimum Gasteiger partial charge on any atom is -0.544 e. The number of quaternary nitrogens is 1. The lowest BCUT2D eigenvalue weighted by molar-refractivity contribution is -0.929. The van der Waals surface area contributed by atoms with Gasteiger partial charge in [-0.3, -0.25) is 0 Å². The van der Waals surface area contributed by atoms with E-state index in [1.165, 1.54) is 38.5 Å². The van der Waals surface area contributed by atoms with Crippen molar-refractivity contribution < 1.29 is 24.6 Å². The molecule has 5 nitrogen and oxygen atoms in total. The second-order valence-electron chi connectivity index (χ2n) is 8.11. The van der Waals surface area contributed by atoms with E-state index in [-0.39, 0.29) is 10.9 Å². The Morgan fingerprint density at radius 2 is 1.25 bits per heavy atom. The molecule has 1 atom stereocenters. The van der Waals surface area contributed by atoms with E-state index in [9.17, 15) is 20.1 Å². The van der Waals surface area contributed by atoms with Crippen molar-refractivity contribution in [1.29, 1.82) is 0 Å². The molecule has 0 spiro atoms. The highest BCUT2D eigenvalue weighted by atomic mass is 16.5. The maximum atomic E-state index is 11.8. The summed E-state index contributed by atoms with van der Waals surface area (Å²) in [4.78, 5) is 11.8. The van der Waals surface area contributed by atoms with Gasteiger partial charge in [0, 0.05) is 6.42 Å². The molecule has 0 aliphatic heterocycles. The zero-order valence-corrected chi connectivity index (χ0v) is 16.4. The van der Waals surface area contributed by atoms with Crippen molar-refractivity contribution in [3.63, 3.8) is 0 Å². The highest BCUT2D eigenvalue weighted by molar-refractivity contribution is 5.76. The van der Waals surface area contributed by atoms with Crippen molar-refractivity contribution in [3.05, 3.63) is 0 Å². The van der Waals surface area contributed by atoms with E-state index in [1.807, 2.05) is 0 Å². The van der Waals surface area contributed by atoms with E-state index < -0.39 is 17.3 Å². The molecule has 0 rings (SSSR count). The first-order valence-electron chi connectivity index (χ1n) is 9.48. The Morgan fingerprint density at radius 1 is 0.875 bits per heavy atom. The summed E-state index contributed by atoms with van der Waals surface area (Å²) in [6.45, 7) is 3.36. The number of aliphatic carboxylic acids is 1. The third-order valence-corrected chi connectivity index (χ3v) is 5.16. The van der Waals surface area contributed by atoms with Crippen LogP contribution in [0.4, 0.5) is 0 Å². The number of carbonyl (C=O) groups excluding carboxylic acids is 1. The van der Waals surface area contributed by atoms with Gasteiger partial charge in [-0.1, -0.05) is 64.7 Å². The van der Waals surface area contributed by atoms with Crippen LogP contribution in [0.15, 0.2) is 0 Å². The number of likely N-dealkylation sites (N-methyl/N-ethyl adjacent to an activating group) is 1. The van der Waals surface area contributed by atoms with Crippen molar-refractivity contribution >= 4 is 5.97 Å². The van der Waals surface area contributed by atoms with Crippen molar-refractivity contribution in [3.8, 4) is 0 Å². The largest absolute Gasteiger partial charge is 0.544 e. The number of unbranched alkanes of at least 4 members (excludes halogenated alkanes) is 9. The van der Waals surface area contributed by atoms with Crippen molar-refractivity contribution in [2.45, 2.75) is 95.8 Å². The van der Waals surface area contributed by atoms with E-state index in [0.29, 0.717) is 6.42 Å². The summed E-state index contributed by atoms with van der Waals surface area (Å²) >= 11 is 0. The Kier molecular flexibility index (Phi) is 10.1. The standard InChI is InChI=1S/C19H39NO4/c1-6-7-8-9-10-11-12-13-14-15-16-19(17(21)22,18(2,23)24)20(3,4)5/h23-24H,6-16H2,1-5H3. The molecule has 0 aromatic heterocycles. The molecule has 0 aromatic carbocycles. The Morgan fingerprint density at radius 3 is 1.54 bits per heavy atom. The Balaban J connectivity index is 4.30. The van der Waals surface area contributed by atoms with Crippen LogP contribution in [-0.4, -0.2) is 53.1 Å². The van der Waals surface area contributed by atoms with Gasteiger partial charge in [0.05, 0.1) is 21.1 Å². The molecule has 0 heterocycles. The fourth-order valence-electron chi connectivity index (χ4n) is 3.65. The van der Waals surface area contributed by atoms with Crippen molar-refractivity contribution in [2.24, 2.45) is 0 Å². The second-order valence-corrected chi connectivity index (χ2v) is 8.11. The molecular formula is C19H39NO4. The average molecular weight is 346 g/mol. The first-order chi connectivity index (χ1) is 11.0. The van der Waals surface area contributed by atoms with Gasteiger partial charge in [0.25, 0.3) is 0 Å². The van der Waals surface area contributed by atoms with Crippen LogP contribution >= 0.6 is 0 Å². The summed E-state index contributed by atoms with van der Waals surface area (Å²) in [5.74, 6) is -3.73. The zero-order chi connectivity index (χ0) is 18.9. The van der Waals surface area contributed by atoms with Gasteiger partial charge < -0.3 is 24.6 Å². The minimum absolute atomic E-state index is 0.0870. The first-order valence-corrected chi connectivity index (χ1v) is 9.48. The molecule has 1 unspecified atom stereocenters. The highest BCUT2D eigenvalue weighted by Gasteiger charge is 2.57. The molecule has 0 aliphatic carbocycles. The molecule has 144 valence electrons. The van der Waals surface area contributed by atoms with Crippen LogP contribution in [-0.2, 0) is 4.79 Å². The molecule has 0 amide bonds. The molecule has 0 radical (unpaired) electrons. The normalized spacial score (nSPS) is 15.3.